The Kier molecular flexibility index (Phi) is 4.26. The molecule has 1 aliphatic rings. The molecular formula is C15H13N3O3S2. The van der Waals surface area contributed by atoms with Gasteiger partial charge in [-0.1, -0.05) is 0 Å². The molecule has 0 saturated carbocycles. The van der Waals surface area contributed by atoms with E-state index in [1.807, 2.05) is 18.2 Å². The number of thiazole rings is 1. The minimum atomic E-state index is 0.0412. The highest BCUT2D eigenvalue weighted by atomic mass is 32.1. The number of hydrogen-bond acceptors (Lipinski definition) is 7. The SMILES string of the molecule is COc1ccc(C2=NN=C/C2=C\c2sc(=S)[nH]c2O)cc1OC. The van der Waals surface area contributed by atoms with Crippen LogP contribution in [0.1, 0.15) is 10.4 Å². The van der Waals surface area contributed by atoms with Gasteiger partial charge in [0.25, 0.3) is 0 Å². The van der Waals surface area contributed by atoms with E-state index in [4.69, 9.17) is 21.7 Å². The van der Waals surface area contributed by atoms with Crippen LogP contribution in [0.5, 0.6) is 17.4 Å². The van der Waals surface area contributed by atoms with E-state index < -0.39 is 0 Å². The molecule has 23 heavy (non-hydrogen) atoms. The smallest absolute Gasteiger partial charge is 0.207 e. The van der Waals surface area contributed by atoms with Crippen LogP contribution in [0.3, 0.4) is 0 Å². The van der Waals surface area contributed by atoms with E-state index in [2.05, 4.69) is 15.2 Å². The van der Waals surface area contributed by atoms with Crippen LogP contribution in [0.15, 0.2) is 34.0 Å². The summed E-state index contributed by atoms with van der Waals surface area (Å²) in [6, 6.07) is 5.52. The number of rotatable bonds is 4. The van der Waals surface area contributed by atoms with E-state index in [9.17, 15) is 5.11 Å². The highest BCUT2D eigenvalue weighted by Gasteiger charge is 2.17. The molecule has 3 rings (SSSR count). The third kappa shape index (κ3) is 3.03. The lowest BCUT2D eigenvalue weighted by atomic mass is 10.0. The number of nitrogens with zero attached hydrogens (tertiary/aromatic N) is 2. The molecule has 2 N–H and O–H groups in total. The van der Waals surface area contributed by atoms with Crippen LogP contribution >= 0.6 is 23.6 Å². The van der Waals surface area contributed by atoms with Crippen molar-refractivity contribution in [2.75, 3.05) is 14.2 Å². The lowest BCUT2D eigenvalue weighted by Crippen LogP contribution is -2.03. The Hall–Kier alpha value is -2.45. The summed E-state index contributed by atoms with van der Waals surface area (Å²) in [6.45, 7) is 0. The Labute approximate surface area is 141 Å². The first kappa shape index (κ1) is 15.4. The van der Waals surface area contributed by atoms with E-state index >= 15 is 0 Å². The van der Waals surface area contributed by atoms with E-state index in [0.717, 1.165) is 11.1 Å². The van der Waals surface area contributed by atoms with Gasteiger partial charge in [0, 0.05) is 11.1 Å². The van der Waals surface area contributed by atoms with Crippen molar-refractivity contribution < 1.29 is 14.6 Å². The van der Waals surface area contributed by atoms with Crippen molar-refractivity contribution in [3.05, 3.63) is 38.2 Å². The van der Waals surface area contributed by atoms with Gasteiger partial charge in [0.15, 0.2) is 15.5 Å². The van der Waals surface area contributed by atoms with Crippen LogP contribution in [0.2, 0.25) is 0 Å². The van der Waals surface area contributed by atoms with Gasteiger partial charge in [-0.25, -0.2) is 0 Å². The normalized spacial score (nSPS) is 15.0. The number of methoxy groups -OCH3 is 2. The molecule has 2 heterocycles. The minimum absolute atomic E-state index is 0.0412. The summed E-state index contributed by atoms with van der Waals surface area (Å²) in [4.78, 5) is 3.32. The van der Waals surface area contributed by atoms with Crippen LogP contribution < -0.4 is 9.47 Å². The topological polar surface area (TPSA) is 79.2 Å². The zero-order valence-electron chi connectivity index (χ0n) is 12.4. The van der Waals surface area contributed by atoms with Crippen LogP contribution in [0.4, 0.5) is 0 Å². The maximum atomic E-state index is 9.82. The predicted molar refractivity (Wildman–Crippen MR) is 93.7 cm³/mol. The first-order chi connectivity index (χ1) is 11.1. The summed E-state index contributed by atoms with van der Waals surface area (Å²) < 4.78 is 11.1. The molecule has 0 bridgehead atoms. The van der Waals surface area contributed by atoms with Crippen molar-refractivity contribution in [1.82, 2.24) is 4.98 Å². The second-order valence-corrected chi connectivity index (χ2v) is 6.31. The molecule has 1 aliphatic heterocycles. The summed E-state index contributed by atoms with van der Waals surface area (Å²) in [6.07, 6.45) is 3.42. The molecule has 0 amide bonds. The first-order valence-electron chi connectivity index (χ1n) is 6.60. The summed E-state index contributed by atoms with van der Waals surface area (Å²) >= 11 is 6.31. The monoisotopic (exact) mass is 347 g/mol. The van der Waals surface area contributed by atoms with Gasteiger partial charge in [-0.2, -0.15) is 5.10 Å². The fourth-order valence-corrected chi connectivity index (χ4v) is 3.20. The molecule has 0 saturated heterocycles. The standard InChI is InChI=1S/C15H13N3O3S2/c1-20-10-4-3-8(5-11(10)21-2)13-9(7-16-18-13)6-12-14(19)17-15(22)23-12/h3-7,19H,1-2H3,(H,17,22)/b9-6+. The summed E-state index contributed by atoms with van der Waals surface area (Å²) in [5.74, 6) is 1.29. The number of aromatic amines is 1. The number of allylic oxidation sites excluding steroid dienone is 1. The molecular weight excluding hydrogens is 334 g/mol. The van der Waals surface area contributed by atoms with Gasteiger partial charge in [0.05, 0.1) is 25.3 Å². The van der Waals surface area contributed by atoms with Crippen molar-refractivity contribution in [2.24, 2.45) is 10.2 Å². The highest BCUT2D eigenvalue weighted by molar-refractivity contribution is 7.73. The highest BCUT2D eigenvalue weighted by Crippen LogP contribution is 2.30. The molecule has 0 atom stereocenters. The van der Waals surface area contributed by atoms with Crippen molar-refractivity contribution >= 4 is 41.6 Å². The lowest BCUT2D eigenvalue weighted by molar-refractivity contribution is 0.355. The number of H-pyrrole nitrogens is 1. The zero-order valence-corrected chi connectivity index (χ0v) is 14.0. The number of aromatic nitrogens is 1. The molecule has 8 heteroatoms. The second-order valence-electron chi connectivity index (χ2n) is 4.59. The van der Waals surface area contributed by atoms with Crippen LogP contribution in [0.25, 0.3) is 6.08 Å². The fraction of sp³-hybridized carbons (Fsp3) is 0.133. The number of nitrogens with one attached hydrogen (secondary N) is 1. The van der Waals surface area contributed by atoms with Gasteiger partial charge in [0.2, 0.25) is 5.88 Å². The molecule has 6 nitrogen and oxygen atoms in total. The Morgan fingerprint density at radius 2 is 2.04 bits per heavy atom. The van der Waals surface area contributed by atoms with E-state index in [-0.39, 0.29) is 5.88 Å². The third-order valence-electron chi connectivity index (χ3n) is 3.23. The first-order valence-corrected chi connectivity index (χ1v) is 7.82. The Morgan fingerprint density at radius 1 is 1.26 bits per heavy atom. The van der Waals surface area contributed by atoms with Gasteiger partial charge in [-0.3, -0.25) is 0 Å². The van der Waals surface area contributed by atoms with E-state index in [1.54, 1.807) is 26.5 Å². The Morgan fingerprint density at radius 3 is 2.70 bits per heavy atom. The maximum Gasteiger partial charge on any atom is 0.207 e. The lowest BCUT2D eigenvalue weighted by Gasteiger charge is -2.09. The van der Waals surface area contributed by atoms with E-state index in [1.165, 1.54) is 11.3 Å². The molecule has 1 aromatic carbocycles. The van der Waals surface area contributed by atoms with Gasteiger partial charge < -0.3 is 19.6 Å². The number of hydrogen-bond donors (Lipinski definition) is 2. The van der Waals surface area contributed by atoms with Crippen LogP contribution in [-0.4, -0.2) is 36.2 Å². The number of aromatic hydroxyl groups is 1. The summed E-state index contributed by atoms with van der Waals surface area (Å²) in [7, 11) is 3.16. The van der Waals surface area contributed by atoms with Crippen molar-refractivity contribution in [3.8, 4) is 17.4 Å². The number of ether oxygens (including phenoxy) is 2. The van der Waals surface area contributed by atoms with Gasteiger partial charge in [-0.05, 0) is 36.5 Å². The molecule has 1 aromatic heterocycles. The fourth-order valence-electron chi connectivity index (χ4n) is 2.15. The maximum absolute atomic E-state index is 9.82. The van der Waals surface area contributed by atoms with Crippen molar-refractivity contribution in [3.63, 3.8) is 0 Å². The Bertz CT molecular complexity index is 894. The quantitative estimate of drug-likeness (QED) is 0.831. The zero-order chi connectivity index (χ0) is 16.4. The van der Waals surface area contributed by atoms with Crippen molar-refractivity contribution in [1.29, 1.82) is 0 Å². The van der Waals surface area contributed by atoms with E-state index in [0.29, 0.717) is 26.0 Å². The average Bonchev–Trinajstić information content (AvgIpc) is 3.13. The molecule has 0 fully saturated rings. The molecule has 0 radical (unpaired) electrons. The number of benzene rings is 1. The van der Waals surface area contributed by atoms with Crippen LogP contribution in [0, 0.1) is 3.95 Å². The molecule has 2 aromatic rings. The predicted octanol–water partition coefficient (Wildman–Crippen LogP) is 3.40. The minimum Gasteiger partial charge on any atom is -0.494 e. The Balaban J connectivity index is 2.00. The third-order valence-corrected chi connectivity index (χ3v) is 4.40. The summed E-state index contributed by atoms with van der Waals surface area (Å²) in [5.41, 5.74) is 2.30. The van der Waals surface area contributed by atoms with Crippen molar-refractivity contribution in [2.45, 2.75) is 0 Å². The van der Waals surface area contributed by atoms with Gasteiger partial charge in [0.1, 0.15) is 5.71 Å². The average molecular weight is 347 g/mol. The molecule has 0 aliphatic carbocycles. The molecule has 118 valence electrons. The van der Waals surface area contributed by atoms with Gasteiger partial charge in [-0.15, -0.1) is 16.4 Å². The summed E-state index contributed by atoms with van der Waals surface area (Å²) in [5, 5.41) is 17.9. The largest absolute Gasteiger partial charge is 0.494 e. The second kappa shape index (κ2) is 6.35. The molecule has 0 unspecified atom stereocenters. The molecule has 0 spiro atoms. The van der Waals surface area contributed by atoms with Gasteiger partial charge >= 0.3 is 0 Å². The van der Waals surface area contributed by atoms with Crippen LogP contribution in [-0.2, 0) is 0 Å².